The zero-order chi connectivity index (χ0) is 8.73. The molecule has 1 nitrogen and oxygen atoms in total. The topological polar surface area (TPSA) is 9.23 Å². The predicted octanol–water partition coefficient (Wildman–Crippen LogP) is 3.28. The summed E-state index contributed by atoms with van der Waals surface area (Å²) < 4.78 is 6.36. The van der Waals surface area contributed by atoms with Gasteiger partial charge in [-0.3, -0.25) is 0 Å². The molecule has 0 spiro atoms. The highest BCUT2D eigenvalue weighted by Crippen LogP contribution is 2.52. The second-order valence-corrected chi connectivity index (χ2v) is 5.22. The standard InChI is InChI=1S/C12H20O/c1-2-9-12(8-1,10-6-7-10)13-11-4-3-5-11/h10-11H,1-9H2. The molecule has 0 aromatic heterocycles. The van der Waals surface area contributed by atoms with Gasteiger partial charge >= 0.3 is 0 Å². The van der Waals surface area contributed by atoms with Gasteiger partial charge in [0.05, 0.1) is 11.7 Å². The summed E-state index contributed by atoms with van der Waals surface area (Å²) in [6.45, 7) is 0. The summed E-state index contributed by atoms with van der Waals surface area (Å²) in [5.74, 6) is 0.954. The molecule has 0 unspecified atom stereocenters. The minimum absolute atomic E-state index is 0.380. The summed E-state index contributed by atoms with van der Waals surface area (Å²) >= 11 is 0. The van der Waals surface area contributed by atoms with Crippen LogP contribution in [0, 0.1) is 5.92 Å². The van der Waals surface area contributed by atoms with Gasteiger partial charge in [-0.1, -0.05) is 12.8 Å². The molecule has 3 saturated carbocycles. The highest BCUT2D eigenvalue weighted by atomic mass is 16.5. The highest BCUT2D eigenvalue weighted by molar-refractivity contribution is 5.00. The van der Waals surface area contributed by atoms with Crippen molar-refractivity contribution in [2.24, 2.45) is 5.92 Å². The third-order valence-electron chi connectivity index (χ3n) is 4.22. The summed E-state index contributed by atoms with van der Waals surface area (Å²) in [6, 6.07) is 0. The summed E-state index contributed by atoms with van der Waals surface area (Å²) in [7, 11) is 0. The van der Waals surface area contributed by atoms with E-state index in [2.05, 4.69) is 0 Å². The van der Waals surface area contributed by atoms with Gasteiger partial charge in [-0.25, -0.2) is 0 Å². The smallest absolute Gasteiger partial charge is 0.0714 e. The Labute approximate surface area is 80.8 Å². The second-order valence-electron chi connectivity index (χ2n) is 5.22. The maximum Gasteiger partial charge on any atom is 0.0714 e. The molecule has 0 saturated heterocycles. The first-order valence-electron chi connectivity index (χ1n) is 6.07. The van der Waals surface area contributed by atoms with Crippen molar-refractivity contribution >= 4 is 0 Å². The zero-order valence-electron chi connectivity index (χ0n) is 8.43. The van der Waals surface area contributed by atoms with Crippen molar-refractivity contribution in [1.29, 1.82) is 0 Å². The van der Waals surface area contributed by atoms with Crippen molar-refractivity contribution in [3.63, 3.8) is 0 Å². The molecule has 3 aliphatic rings. The number of ether oxygens (including phenoxy) is 1. The molecular formula is C12H20O. The van der Waals surface area contributed by atoms with E-state index in [-0.39, 0.29) is 0 Å². The lowest BCUT2D eigenvalue weighted by atomic mass is 9.91. The Morgan fingerprint density at radius 3 is 2.00 bits per heavy atom. The van der Waals surface area contributed by atoms with Crippen LogP contribution in [-0.2, 0) is 4.74 Å². The van der Waals surface area contributed by atoms with Gasteiger partial charge in [0, 0.05) is 0 Å². The van der Waals surface area contributed by atoms with Gasteiger partial charge in [0.2, 0.25) is 0 Å². The largest absolute Gasteiger partial charge is 0.371 e. The van der Waals surface area contributed by atoms with E-state index in [1.54, 1.807) is 0 Å². The third kappa shape index (κ3) is 1.41. The Kier molecular flexibility index (Phi) is 1.90. The zero-order valence-corrected chi connectivity index (χ0v) is 8.43. The first-order chi connectivity index (χ1) is 6.39. The summed E-state index contributed by atoms with van der Waals surface area (Å²) in [6.07, 6.45) is 13.2. The molecule has 0 aliphatic heterocycles. The van der Waals surface area contributed by atoms with Crippen LogP contribution in [0.1, 0.15) is 57.8 Å². The van der Waals surface area contributed by atoms with Crippen molar-refractivity contribution in [1.82, 2.24) is 0 Å². The molecule has 3 aliphatic carbocycles. The Hall–Kier alpha value is -0.0400. The van der Waals surface area contributed by atoms with E-state index < -0.39 is 0 Å². The fraction of sp³-hybridized carbons (Fsp3) is 1.00. The first kappa shape index (κ1) is 8.28. The molecule has 0 radical (unpaired) electrons. The minimum Gasteiger partial charge on any atom is -0.371 e. The Bertz CT molecular complexity index is 185. The van der Waals surface area contributed by atoms with Crippen LogP contribution < -0.4 is 0 Å². The van der Waals surface area contributed by atoms with Gasteiger partial charge < -0.3 is 4.74 Å². The van der Waals surface area contributed by atoms with Crippen molar-refractivity contribution in [3.05, 3.63) is 0 Å². The lowest BCUT2D eigenvalue weighted by Gasteiger charge is -2.38. The molecule has 1 heteroatoms. The molecular weight excluding hydrogens is 160 g/mol. The molecule has 0 N–H and O–H groups in total. The Morgan fingerprint density at radius 2 is 1.54 bits per heavy atom. The van der Waals surface area contributed by atoms with Crippen molar-refractivity contribution in [3.8, 4) is 0 Å². The van der Waals surface area contributed by atoms with E-state index in [4.69, 9.17) is 4.74 Å². The summed E-state index contributed by atoms with van der Waals surface area (Å²) in [5, 5.41) is 0. The van der Waals surface area contributed by atoms with Crippen LogP contribution in [0.15, 0.2) is 0 Å². The molecule has 0 aromatic carbocycles. The number of rotatable bonds is 3. The van der Waals surface area contributed by atoms with Gasteiger partial charge in [-0.2, -0.15) is 0 Å². The van der Waals surface area contributed by atoms with Crippen molar-refractivity contribution in [2.75, 3.05) is 0 Å². The van der Waals surface area contributed by atoms with Gasteiger partial charge in [0.15, 0.2) is 0 Å². The maximum atomic E-state index is 6.36. The highest BCUT2D eigenvalue weighted by Gasteiger charge is 2.49. The summed E-state index contributed by atoms with van der Waals surface area (Å²) in [4.78, 5) is 0. The van der Waals surface area contributed by atoms with Crippen LogP contribution in [0.3, 0.4) is 0 Å². The average Bonchev–Trinajstić information content (AvgIpc) is 2.81. The van der Waals surface area contributed by atoms with Gasteiger partial charge in [-0.05, 0) is 50.9 Å². The van der Waals surface area contributed by atoms with Gasteiger partial charge in [0.1, 0.15) is 0 Å². The molecule has 0 atom stereocenters. The predicted molar refractivity (Wildman–Crippen MR) is 52.6 cm³/mol. The quantitative estimate of drug-likeness (QED) is 0.647. The van der Waals surface area contributed by atoms with E-state index in [9.17, 15) is 0 Å². The third-order valence-corrected chi connectivity index (χ3v) is 4.22. The fourth-order valence-electron chi connectivity index (χ4n) is 3.03. The van der Waals surface area contributed by atoms with Gasteiger partial charge in [-0.15, -0.1) is 0 Å². The minimum atomic E-state index is 0.380. The van der Waals surface area contributed by atoms with Crippen molar-refractivity contribution < 1.29 is 4.74 Å². The van der Waals surface area contributed by atoms with E-state index in [1.807, 2.05) is 0 Å². The second kappa shape index (κ2) is 2.98. The maximum absolute atomic E-state index is 6.36. The molecule has 0 amide bonds. The van der Waals surface area contributed by atoms with Crippen LogP contribution in [0.4, 0.5) is 0 Å². The molecule has 0 aromatic rings. The average molecular weight is 180 g/mol. The van der Waals surface area contributed by atoms with Crippen LogP contribution in [0.5, 0.6) is 0 Å². The van der Waals surface area contributed by atoms with Crippen LogP contribution in [-0.4, -0.2) is 11.7 Å². The number of hydrogen-bond donors (Lipinski definition) is 0. The van der Waals surface area contributed by atoms with Gasteiger partial charge in [0.25, 0.3) is 0 Å². The van der Waals surface area contributed by atoms with Crippen LogP contribution >= 0.6 is 0 Å². The Balaban J connectivity index is 1.66. The van der Waals surface area contributed by atoms with E-state index in [0.29, 0.717) is 11.7 Å². The molecule has 13 heavy (non-hydrogen) atoms. The van der Waals surface area contributed by atoms with Crippen molar-refractivity contribution in [2.45, 2.75) is 69.5 Å². The monoisotopic (exact) mass is 180 g/mol. The van der Waals surface area contributed by atoms with E-state index >= 15 is 0 Å². The molecule has 3 rings (SSSR count). The lowest BCUT2D eigenvalue weighted by molar-refractivity contribution is -0.130. The fourth-order valence-corrected chi connectivity index (χ4v) is 3.03. The van der Waals surface area contributed by atoms with Crippen LogP contribution in [0.2, 0.25) is 0 Å². The molecule has 0 heterocycles. The molecule has 74 valence electrons. The number of hydrogen-bond acceptors (Lipinski definition) is 1. The van der Waals surface area contributed by atoms with Crippen LogP contribution in [0.25, 0.3) is 0 Å². The molecule has 3 fully saturated rings. The molecule has 0 bridgehead atoms. The van der Waals surface area contributed by atoms with E-state index in [1.165, 1.54) is 57.8 Å². The Morgan fingerprint density at radius 1 is 0.846 bits per heavy atom. The SMILES string of the molecule is C1CC(OC2(C3CC3)CCCC2)C1. The first-order valence-corrected chi connectivity index (χ1v) is 6.07. The van der Waals surface area contributed by atoms with E-state index in [0.717, 1.165) is 5.92 Å². The lowest BCUT2D eigenvalue weighted by Crippen LogP contribution is -2.38. The summed E-state index contributed by atoms with van der Waals surface area (Å²) in [5.41, 5.74) is 0.380. The normalized spacial score (nSPS) is 33.2.